The van der Waals surface area contributed by atoms with E-state index in [9.17, 15) is 4.79 Å². The van der Waals surface area contributed by atoms with Crippen molar-refractivity contribution in [1.82, 2.24) is 29.2 Å². The third-order valence-electron chi connectivity index (χ3n) is 6.55. The Morgan fingerprint density at radius 3 is 2.73 bits per heavy atom. The number of hydrogen-bond donors (Lipinski definition) is 1. The number of imidazole rings is 1. The van der Waals surface area contributed by atoms with Crippen molar-refractivity contribution in [3.8, 4) is 0 Å². The molecule has 0 spiro atoms. The third-order valence-corrected chi connectivity index (χ3v) is 6.80. The van der Waals surface area contributed by atoms with Gasteiger partial charge in [-0.25, -0.2) is 4.98 Å². The summed E-state index contributed by atoms with van der Waals surface area (Å²) in [6, 6.07) is 17.6. The number of anilines is 1. The highest BCUT2D eigenvalue weighted by molar-refractivity contribution is 6.30. The molecular formula is C26H24ClN7O3. The molecule has 0 unspecified atom stereocenters. The second-order valence-electron chi connectivity index (χ2n) is 9.04. The molecule has 1 aliphatic rings. The Labute approximate surface area is 216 Å². The number of aromatic nitrogens is 6. The maximum absolute atomic E-state index is 13.2. The van der Waals surface area contributed by atoms with E-state index in [1.807, 2.05) is 54.6 Å². The number of benzene rings is 2. The molecule has 1 fully saturated rings. The fourth-order valence-electron chi connectivity index (χ4n) is 4.53. The van der Waals surface area contributed by atoms with E-state index in [1.54, 1.807) is 11.6 Å². The average Bonchev–Trinajstić information content (AvgIpc) is 3.65. The van der Waals surface area contributed by atoms with Gasteiger partial charge in [-0.1, -0.05) is 59.2 Å². The van der Waals surface area contributed by atoms with Crippen LogP contribution in [0.2, 0.25) is 5.02 Å². The van der Waals surface area contributed by atoms with E-state index in [0.29, 0.717) is 47.0 Å². The average molecular weight is 518 g/mol. The minimum Gasteiger partial charge on any atom is -0.373 e. The zero-order valence-electron chi connectivity index (χ0n) is 20.0. The minimum absolute atomic E-state index is 0.00539. The topological polar surface area (TPSA) is 113 Å². The van der Waals surface area contributed by atoms with Crippen molar-refractivity contribution < 1.29 is 9.26 Å². The molecule has 37 heavy (non-hydrogen) atoms. The van der Waals surface area contributed by atoms with E-state index in [-0.39, 0.29) is 24.1 Å². The molecule has 1 aliphatic heterocycles. The zero-order valence-corrected chi connectivity index (χ0v) is 20.8. The van der Waals surface area contributed by atoms with Crippen LogP contribution in [0.5, 0.6) is 0 Å². The van der Waals surface area contributed by atoms with Gasteiger partial charge in [0.2, 0.25) is 11.8 Å². The van der Waals surface area contributed by atoms with Gasteiger partial charge in [-0.15, -0.1) is 0 Å². The summed E-state index contributed by atoms with van der Waals surface area (Å²) in [5.74, 6) is 1.47. The monoisotopic (exact) mass is 517 g/mol. The standard InChI is InChI=1S/C26H24ClN7O3/c1-33-22-24(31-26(33)28-12-16-5-3-2-4-6-16)29-15-34(25(22)35)13-21-30-23(32-37-21)18-11-20(36-14-18)17-7-9-19(27)10-8-17/h2-10,15,18,20H,11-14H2,1H3,(H,28,31)/t18-,20+/m0/s1. The molecule has 1 saturated heterocycles. The molecule has 10 nitrogen and oxygen atoms in total. The molecule has 1 N–H and O–H groups in total. The second kappa shape index (κ2) is 9.79. The molecule has 0 saturated carbocycles. The Balaban J connectivity index is 1.16. The number of hydrogen-bond acceptors (Lipinski definition) is 8. The number of aryl methyl sites for hydroxylation is 1. The molecule has 6 rings (SSSR count). The minimum atomic E-state index is -0.237. The largest absolute Gasteiger partial charge is 0.373 e. The lowest BCUT2D eigenvalue weighted by Gasteiger charge is -2.09. The quantitative estimate of drug-likeness (QED) is 0.344. The summed E-state index contributed by atoms with van der Waals surface area (Å²) in [4.78, 5) is 26.6. The number of nitrogens with zero attached hydrogens (tertiary/aromatic N) is 6. The van der Waals surface area contributed by atoms with Gasteiger partial charge in [0.1, 0.15) is 12.9 Å². The van der Waals surface area contributed by atoms with Gasteiger partial charge in [0.15, 0.2) is 17.0 Å². The van der Waals surface area contributed by atoms with Crippen LogP contribution in [-0.4, -0.2) is 35.8 Å². The van der Waals surface area contributed by atoms with Crippen LogP contribution in [0.1, 0.15) is 41.3 Å². The maximum atomic E-state index is 13.2. The molecule has 5 aromatic rings. The summed E-state index contributed by atoms with van der Waals surface area (Å²) in [6.07, 6.45) is 2.15. The molecule has 188 valence electrons. The van der Waals surface area contributed by atoms with E-state index in [4.69, 9.17) is 20.9 Å². The van der Waals surface area contributed by atoms with Gasteiger partial charge < -0.3 is 19.1 Å². The predicted octanol–water partition coefficient (Wildman–Crippen LogP) is 4.07. The number of rotatable bonds is 7. The Morgan fingerprint density at radius 1 is 1.11 bits per heavy atom. The smallest absolute Gasteiger partial charge is 0.280 e. The van der Waals surface area contributed by atoms with E-state index in [1.165, 1.54) is 10.9 Å². The van der Waals surface area contributed by atoms with Crippen LogP contribution < -0.4 is 10.9 Å². The summed E-state index contributed by atoms with van der Waals surface area (Å²) in [5, 5.41) is 8.11. The lowest BCUT2D eigenvalue weighted by Crippen LogP contribution is -2.23. The molecule has 0 bridgehead atoms. The van der Waals surface area contributed by atoms with Crippen molar-refractivity contribution in [1.29, 1.82) is 0 Å². The van der Waals surface area contributed by atoms with Crippen LogP contribution in [0.4, 0.5) is 5.95 Å². The first-order chi connectivity index (χ1) is 18.0. The van der Waals surface area contributed by atoms with Gasteiger partial charge in [0.05, 0.1) is 12.7 Å². The van der Waals surface area contributed by atoms with E-state index >= 15 is 0 Å². The van der Waals surface area contributed by atoms with Crippen LogP contribution >= 0.6 is 11.6 Å². The molecule has 0 aliphatic carbocycles. The van der Waals surface area contributed by atoms with Crippen molar-refractivity contribution >= 4 is 28.7 Å². The molecule has 2 atom stereocenters. The second-order valence-corrected chi connectivity index (χ2v) is 9.47. The Morgan fingerprint density at radius 2 is 1.92 bits per heavy atom. The number of nitrogens with one attached hydrogen (secondary N) is 1. The highest BCUT2D eigenvalue weighted by atomic mass is 35.5. The van der Waals surface area contributed by atoms with Crippen LogP contribution in [0.3, 0.4) is 0 Å². The van der Waals surface area contributed by atoms with Gasteiger partial charge in [0, 0.05) is 24.5 Å². The van der Waals surface area contributed by atoms with Gasteiger partial charge in [-0.05, 0) is 29.7 Å². The van der Waals surface area contributed by atoms with E-state index < -0.39 is 0 Å². The molecule has 4 heterocycles. The Hall–Kier alpha value is -4.02. The van der Waals surface area contributed by atoms with Crippen LogP contribution in [0.15, 0.2) is 70.2 Å². The normalized spacial score (nSPS) is 17.5. The van der Waals surface area contributed by atoms with Gasteiger partial charge >= 0.3 is 0 Å². The first-order valence-electron chi connectivity index (χ1n) is 11.9. The number of ether oxygens (including phenoxy) is 1. The fourth-order valence-corrected chi connectivity index (χ4v) is 4.66. The fraction of sp³-hybridized carbons (Fsp3) is 0.269. The Kier molecular flexibility index (Phi) is 6.19. The summed E-state index contributed by atoms with van der Waals surface area (Å²) < 4.78 is 14.6. The lowest BCUT2D eigenvalue weighted by atomic mass is 10.0. The summed E-state index contributed by atoms with van der Waals surface area (Å²) in [5.41, 5.74) is 2.71. The number of halogens is 1. The van der Waals surface area contributed by atoms with Crippen molar-refractivity contribution in [2.75, 3.05) is 11.9 Å². The van der Waals surface area contributed by atoms with Crippen molar-refractivity contribution in [2.24, 2.45) is 7.05 Å². The van der Waals surface area contributed by atoms with Gasteiger partial charge in [0.25, 0.3) is 5.56 Å². The predicted molar refractivity (Wildman–Crippen MR) is 137 cm³/mol. The van der Waals surface area contributed by atoms with E-state index in [0.717, 1.165) is 17.5 Å². The van der Waals surface area contributed by atoms with Crippen LogP contribution in [0, 0.1) is 0 Å². The van der Waals surface area contributed by atoms with E-state index in [2.05, 4.69) is 25.4 Å². The zero-order chi connectivity index (χ0) is 25.4. The molecule has 2 aromatic carbocycles. The molecular weight excluding hydrogens is 494 g/mol. The summed E-state index contributed by atoms with van der Waals surface area (Å²) >= 11 is 5.99. The van der Waals surface area contributed by atoms with Crippen LogP contribution in [0.25, 0.3) is 11.2 Å². The van der Waals surface area contributed by atoms with Crippen molar-refractivity contribution in [3.63, 3.8) is 0 Å². The number of fused-ring (bicyclic) bond motifs is 1. The lowest BCUT2D eigenvalue weighted by molar-refractivity contribution is 0.110. The SMILES string of the molecule is Cn1c(NCc2ccccc2)nc2ncn(Cc3nc([C@@H]4CO[C@@H](c5ccc(Cl)cc5)C4)no3)c(=O)c21. The molecule has 0 amide bonds. The first kappa shape index (κ1) is 23.4. The van der Waals surface area contributed by atoms with Gasteiger partial charge in [-0.3, -0.25) is 9.36 Å². The molecule has 3 aromatic heterocycles. The molecule has 11 heteroatoms. The van der Waals surface area contributed by atoms with Crippen molar-refractivity contribution in [3.05, 3.63) is 99.1 Å². The first-order valence-corrected chi connectivity index (χ1v) is 12.3. The molecule has 0 radical (unpaired) electrons. The Bertz CT molecular complexity index is 1590. The highest BCUT2D eigenvalue weighted by Crippen LogP contribution is 2.37. The summed E-state index contributed by atoms with van der Waals surface area (Å²) in [7, 11) is 1.79. The van der Waals surface area contributed by atoms with Gasteiger partial charge in [-0.2, -0.15) is 9.97 Å². The highest BCUT2D eigenvalue weighted by Gasteiger charge is 2.31. The van der Waals surface area contributed by atoms with Crippen molar-refractivity contribution in [2.45, 2.75) is 31.5 Å². The van der Waals surface area contributed by atoms with Crippen LogP contribution in [-0.2, 0) is 24.9 Å². The third kappa shape index (κ3) is 4.73. The maximum Gasteiger partial charge on any atom is 0.280 e. The summed E-state index contributed by atoms with van der Waals surface area (Å²) in [6.45, 7) is 1.19.